The van der Waals surface area contributed by atoms with Crippen molar-refractivity contribution in [1.29, 1.82) is 5.26 Å². The molecule has 0 bridgehead atoms. The number of hydrazone groups is 1. The van der Waals surface area contributed by atoms with E-state index in [-0.39, 0.29) is 12.1 Å². The van der Waals surface area contributed by atoms with E-state index in [4.69, 9.17) is 14.6 Å². The van der Waals surface area contributed by atoms with E-state index in [9.17, 15) is 10.1 Å². The fourth-order valence-corrected chi connectivity index (χ4v) is 5.27. The first-order valence-electron chi connectivity index (χ1n) is 14.0. The van der Waals surface area contributed by atoms with Crippen LogP contribution in [0.2, 0.25) is 0 Å². The van der Waals surface area contributed by atoms with Crippen LogP contribution < -0.4 is 9.75 Å². The van der Waals surface area contributed by atoms with Crippen molar-refractivity contribution in [3.8, 4) is 22.9 Å². The van der Waals surface area contributed by atoms with Crippen LogP contribution in [0.25, 0.3) is 22.2 Å². The van der Waals surface area contributed by atoms with Crippen molar-refractivity contribution in [2.45, 2.75) is 32.4 Å². The largest absolute Gasteiger partial charge is 0.490 e. The second-order valence-electron chi connectivity index (χ2n) is 10.5. The number of nitrogens with zero attached hydrogens (tertiary/aromatic N) is 5. The first-order valence-corrected chi connectivity index (χ1v) is 14.0. The van der Waals surface area contributed by atoms with Crippen molar-refractivity contribution < 1.29 is 14.3 Å². The molecule has 0 saturated heterocycles. The number of aromatic nitrogens is 2. The molecular formula is C35H29N5O3. The van der Waals surface area contributed by atoms with E-state index >= 15 is 0 Å². The molecule has 0 radical (unpaired) electrons. The molecule has 212 valence electrons. The second kappa shape index (κ2) is 11.7. The smallest absolute Gasteiger partial charge is 0.337 e. The number of hydrogen-bond donors (Lipinski definition) is 0. The van der Waals surface area contributed by atoms with Crippen LogP contribution >= 0.6 is 0 Å². The molecule has 5 aromatic rings. The summed E-state index contributed by atoms with van der Waals surface area (Å²) in [5.41, 5.74) is 8.24. The van der Waals surface area contributed by atoms with Crippen molar-refractivity contribution in [2.75, 3.05) is 12.1 Å². The number of rotatable bonds is 7. The van der Waals surface area contributed by atoms with Crippen LogP contribution in [0.5, 0.6) is 5.75 Å². The fraction of sp³-hybridized carbons (Fsp3) is 0.171. The number of esters is 1. The molecule has 1 atom stereocenters. The van der Waals surface area contributed by atoms with E-state index in [1.54, 1.807) is 24.5 Å². The molecule has 6 rings (SSSR count). The Morgan fingerprint density at radius 1 is 0.907 bits per heavy atom. The lowest BCUT2D eigenvalue weighted by molar-refractivity contribution is 0.0600. The maximum atomic E-state index is 12.3. The highest BCUT2D eigenvalue weighted by Gasteiger charge is 2.31. The van der Waals surface area contributed by atoms with Gasteiger partial charge in [0.15, 0.2) is 0 Å². The van der Waals surface area contributed by atoms with Crippen LogP contribution in [-0.4, -0.2) is 34.9 Å². The molecule has 0 amide bonds. The Bertz CT molecular complexity index is 1890. The van der Waals surface area contributed by atoms with Crippen LogP contribution in [0, 0.1) is 11.3 Å². The third-order valence-electron chi connectivity index (χ3n) is 7.33. The summed E-state index contributed by atoms with van der Waals surface area (Å²) >= 11 is 0. The molecule has 1 aliphatic rings. The van der Waals surface area contributed by atoms with E-state index in [2.05, 4.69) is 34.2 Å². The molecule has 0 saturated carbocycles. The van der Waals surface area contributed by atoms with E-state index in [1.807, 2.05) is 73.5 Å². The average molecular weight is 568 g/mol. The summed E-state index contributed by atoms with van der Waals surface area (Å²) in [5, 5.41) is 16.7. The van der Waals surface area contributed by atoms with Gasteiger partial charge in [0.1, 0.15) is 11.8 Å². The lowest BCUT2D eigenvalue weighted by Crippen LogP contribution is -2.19. The molecule has 0 aliphatic carbocycles. The number of hydrogen-bond acceptors (Lipinski definition) is 8. The predicted octanol–water partition coefficient (Wildman–Crippen LogP) is 7.10. The SMILES string of the molecule is COC(=O)c1cccc(N2N=C(c3ccc(-c4ccc(OC(C)C)c(C#N)c4)cc3)CC2c2ccc3nccnc3c2)c1. The summed E-state index contributed by atoms with van der Waals surface area (Å²) in [5.74, 6) is 0.182. The lowest BCUT2D eigenvalue weighted by atomic mass is 9.96. The predicted molar refractivity (Wildman–Crippen MR) is 166 cm³/mol. The van der Waals surface area contributed by atoms with Crippen molar-refractivity contribution in [3.63, 3.8) is 0 Å². The normalized spacial score (nSPS) is 14.4. The Kier molecular flexibility index (Phi) is 7.54. The number of benzene rings is 4. The van der Waals surface area contributed by atoms with Crippen molar-refractivity contribution in [3.05, 3.63) is 120 Å². The van der Waals surface area contributed by atoms with Gasteiger partial charge in [-0.1, -0.05) is 42.5 Å². The summed E-state index contributed by atoms with van der Waals surface area (Å²) in [6.07, 6.45) is 4.00. The summed E-state index contributed by atoms with van der Waals surface area (Å²) in [6, 6.07) is 29.4. The van der Waals surface area contributed by atoms with Gasteiger partial charge in [0.05, 0.1) is 52.8 Å². The fourth-order valence-electron chi connectivity index (χ4n) is 5.27. The quantitative estimate of drug-likeness (QED) is 0.193. The Morgan fingerprint density at radius 3 is 2.40 bits per heavy atom. The molecule has 1 aliphatic heterocycles. The highest BCUT2D eigenvalue weighted by atomic mass is 16.5. The van der Waals surface area contributed by atoms with E-state index < -0.39 is 5.97 Å². The topological polar surface area (TPSA) is 101 Å². The summed E-state index contributed by atoms with van der Waals surface area (Å²) in [6.45, 7) is 3.88. The van der Waals surface area contributed by atoms with Crippen molar-refractivity contribution >= 4 is 28.4 Å². The van der Waals surface area contributed by atoms with Crippen LogP contribution in [0.3, 0.4) is 0 Å². The molecule has 4 aromatic carbocycles. The lowest BCUT2D eigenvalue weighted by Gasteiger charge is -2.24. The third kappa shape index (κ3) is 5.66. The van der Waals surface area contributed by atoms with E-state index in [0.717, 1.165) is 44.7 Å². The molecule has 0 spiro atoms. The van der Waals surface area contributed by atoms with E-state index in [1.165, 1.54) is 7.11 Å². The van der Waals surface area contributed by atoms with Gasteiger partial charge in [-0.05, 0) is 78.6 Å². The van der Waals surface area contributed by atoms with Crippen LogP contribution in [0.15, 0.2) is 102 Å². The maximum absolute atomic E-state index is 12.3. The molecule has 43 heavy (non-hydrogen) atoms. The highest BCUT2D eigenvalue weighted by molar-refractivity contribution is 6.04. The molecular weight excluding hydrogens is 538 g/mol. The minimum Gasteiger partial charge on any atom is -0.490 e. The van der Waals surface area contributed by atoms with Gasteiger partial charge in [-0.3, -0.25) is 15.0 Å². The number of fused-ring (bicyclic) bond motifs is 1. The van der Waals surface area contributed by atoms with Gasteiger partial charge in [-0.25, -0.2) is 4.79 Å². The summed E-state index contributed by atoms with van der Waals surface area (Å²) in [7, 11) is 1.37. The zero-order valence-corrected chi connectivity index (χ0v) is 24.1. The average Bonchev–Trinajstić information content (AvgIpc) is 3.50. The van der Waals surface area contributed by atoms with Crippen molar-refractivity contribution in [2.24, 2.45) is 5.10 Å². The number of anilines is 1. The van der Waals surface area contributed by atoms with E-state index in [0.29, 0.717) is 23.3 Å². The number of methoxy groups -OCH3 is 1. The van der Waals surface area contributed by atoms with Crippen molar-refractivity contribution in [1.82, 2.24) is 9.97 Å². The molecule has 2 heterocycles. The van der Waals surface area contributed by atoms with Gasteiger partial charge in [0.2, 0.25) is 0 Å². The van der Waals surface area contributed by atoms with Gasteiger partial charge in [-0.2, -0.15) is 10.4 Å². The van der Waals surface area contributed by atoms with Crippen LogP contribution in [0.1, 0.15) is 53.4 Å². The molecule has 1 aromatic heterocycles. The standard InChI is InChI=1S/C35H29N5O3/c1-22(2)43-34-14-12-25(17-28(34)21-36)23-7-9-24(10-8-23)31-20-33(26-11-13-30-32(19-26)38-16-15-37-30)40(39-31)29-6-4-5-27(18-29)35(41)42-3/h4-19,22,33H,20H2,1-3H3. The zero-order valence-electron chi connectivity index (χ0n) is 24.1. The van der Waals surface area contributed by atoms with Crippen LogP contribution in [0.4, 0.5) is 5.69 Å². The number of carbonyl (C=O) groups excluding carboxylic acids is 1. The van der Waals surface area contributed by atoms with Gasteiger partial charge in [-0.15, -0.1) is 0 Å². The monoisotopic (exact) mass is 567 g/mol. The number of nitriles is 1. The molecule has 0 fully saturated rings. The summed E-state index contributed by atoms with van der Waals surface area (Å²) < 4.78 is 10.7. The highest BCUT2D eigenvalue weighted by Crippen LogP contribution is 2.38. The number of ether oxygens (including phenoxy) is 2. The van der Waals surface area contributed by atoms with Gasteiger partial charge in [0.25, 0.3) is 0 Å². The molecule has 8 nitrogen and oxygen atoms in total. The molecule has 8 heteroatoms. The Morgan fingerprint density at radius 2 is 1.65 bits per heavy atom. The second-order valence-corrected chi connectivity index (χ2v) is 10.5. The first-order chi connectivity index (χ1) is 20.9. The minimum atomic E-state index is -0.401. The maximum Gasteiger partial charge on any atom is 0.337 e. The molecule has 1 unspecified atom stereocenters. The zero-order chi connectivity index (χ0) is 29.9. The Hall–Kier alpha value is -5.55. The third-order valence-corrected chi connectivity index (χ3v) is 7.33. The van der Waals surface area contributed by atoms with Crippen LogP contribution in [-0.2, 0) is 4.74 Å². The Balaban J connectivity index is 1.35. The number of carbonyl (C=O) groups is 1. The first kappa shape index (κ1) is 27.6. The van der Waals surface area contributed by atoms with Gasteiger partial charge < -0.3 is 9.47 Å². The summed E-state index contributed by atoms with van der Waals surface area (Å²) in [4.78, 5) is 21.2. The van der Waals surface area contributed by atoms with Gasteiger partial charge in [0, 0.05) is 18.8 Å². The minimum absolute atomic E-state index is 0.0155. The molecule has 0 N–H and O–H groups in total. The Labute approximate surface area is 249 Å². The van der Waals surface area contributed by atoms with Gasteiger partial charge >= 0.3 is 5.97 Å².